The molecule has 0 aromatic rings. The van der Waals surface area contributed by atoms with Gasteiger partial charge in [0.2, 0.25) is 0 Å². The van der Waals surface area contributed by atoms with Crippen molar-refractivity contribution < 1.29 is 0 Å². The van der Waals surface area contributed by atoms with E-state index in [1.54, 1.807) is 0 Å². The zero-order chi connectivity index (χ0) is 12.2. The van der Waals surface area contributed by atoms with E-state index in [0.717, 1.165) is 19.3 Å². The highest BCUT2D eigenvalue weighted by Gasteiger charge is 1.65. The van der Waals surface area contributed by atoms with Gasteiger partial charge in [0, 0.05) is 0 Å². The Bertz CT molecular complexity index is 64.1. The summed E-state index contributed by atoms with van der Waals surface area (Å²) in [5, 5.41) is 0. The van der Waals surface area contributed by atoms with Crippen LogP contribution in [0.25, 0.3) is 0 Å². The molecule has 0 radical (unpaired) electrons. The van der Waals surface area contributed by atoms with E-state index in [-0.39, 0.29) is 0 Å². The number of allylic oxidation sites excluding steroid dienone is 3. The summed E-state index contributed by atoms with van der Waals surface area (Å²) >= 11 is 0. The first kappa shape index (κ1) is 23.3. The quantitative estimate of drug-likeness (QED) is 0.397. The van der Waals surface area contributed by atoms with Crippen LogP contribution >= 0.6 is 0 Å². The first-order chi connectivity index (χ1) is 6.83. The average molecular weight is 199 g/mol. The van der Waals surface area contributed by atoms with Crippen LogP contribution in [0, 0.1) is 6.92 Å². The predicted octanol–water partition coefficient (Wildman–Crippen LogP) is 5.81. The molecule has 0 aliphatic rings. The van der Waals surface area contributed by atoms with Crippen molar-refractivity contribution in [2.24, 2.45) is 0 Å². The van der Waals surface area contributed by atoms with Gasteiger partial charge in [0.05, 0.1) is 6.92 Å². The summed E-state index contributed by atoms with van der Waals surface area (Å²) < 4.78 is 0. The zero-order valence-corrected chi connectivity index (χ0v) is 11.3. The van der Waals surface area contributed by atoms with Crippen LogP contribution in [0.2, 0.25) is 0 Å². The van der Waals surface area contributed by atoms with Gasteiger partial charge in [-0.15, -0.1) is 6.58 Å². The van der Waals surface area contributed by atoms with Gasteiger partial charge in [-0.1, -0.05) is 53.7 Å². The lowest BCUT2D eigenvalue weighted by molar-refractivity contribution is 1.20. The minimum Gasteiger partial charge on any atom is -0.103 e. The molecule has 0 saturated heterocycles. The summed E-state index contributed by atoms with van der Waals surface area (Å²) in [5.41, 5.74) is 0. The monoisotopic (exact) mass is 199 g/mol. The Morgan fingerprint density at radius 1 is 0.929 bits per heavy atom. The molecule has 0 amide bonds. The maximum absolute atomic E-state index is 3.64. The Morgan fingerprint density at radius 3 is 1.36 bits per heavy atom. The van der Waals surface area contributed by atoms with Gasteiger partial charge in [0.25, 0.3) is 0 Å². The molecule has 0 atom stereocenters. The Morgan fingerprint density at radius 2 is 1.29 bits per heavy atom. The molecule has 0 aromatic carbocycles. The van der Waals surface area contributed by atoms with E-state index in [1.165, 1.54) is 0 Å². The van der Waals surface area contributed by atoms with Crippen LogP contribution in [0.15, 0.2) is 24.8 Å². The van der Waals surface area contributed by atoms with Crippen molar-refractivity contribution >= 4 is 0 Å². The second kappa shape index (κ2) is 55.6. The molecule has 14 heavy (non-hydrogen) atoms. The summed E-state index contributed by atoms with van der Waals surface area (Å²) in [6.07, 6.45) is 9.20. The van der Waals surface area contributed by atoms with Crippen molar-refractivity contribution in [1.82, 2.24) is 0 Å². The minimum absolute atomic E-state index is 0.924. The lowest BCUT2D eigenvalue weighted by Gasteiger charge is -1.68. The summed E-state index contributed by atoms with van der Waals surface area (Å²) in [4.78, 5) is 0. The lowest BCUT2D eigenvalue weighted by atomic mass is 10.4. The fourth-order valence-electron chi connectivity index (χ4n) is 0.285. The Hall–Kier alpha value is -0.650. The van der Waals surface area contributed by atoms with E-state index >= 15 is 0 Å². The molecule has 0 heteroatoms. The molecule has 0 aliphatic carbocycles. The molecule has 0 fully saturated rings. The van der Waals surface area contributed by atoms with Crippen molar-refractivity contribution in [3.8, 4) is 0 Å². The molecule has 0 rings (SSSR count). The molecule has 86 valence electrons. The molecule has 0 unspecified atom stereocenters. The Labute approximate surface area is 93.1 Å². The van der Waals surface area contributed by atoms with Gasteiger partial charge in [0.1, 0.15) is 6.42 Å². The third-order valence-corrected chi connectivity index (χ3v) is 0.858. The van der Waals surface area contributed by atoms with Crippen LogP contribution in [0.3, 0.4) is 0 Å². The fourth-order valence-corrected chi connectivity index (χ4v) is 0.285. The van der Waals surface area contributed by atoms with E-state index in [4.69, 9.17) is 0 Å². The smallest absolute Gasteiger partial charge is 0.103 e. The second-order valence-corrected chi connectivity index (χ2v) is 1.87. The van der Waals surface area contributed by atoms with Gasteiger partial charge < -0.3 is 0 Å². The molecule has 0 spiro atoms. The molecular formula is C14H31+. The third-order valence-electron chi connectivity index (χ3n) is 0.858. The highest BCUT2D eigenvalue weighted by molar-refractivity contribution is 4.80. The van der Waals surface area contributed by atoms with E-state index in [1.807, 2.05) is 33.8 Å². The van der Waals surface area contributed by atoms with Crippen LogP contribution in [0.4, 0.5) is 0 Å². The molecule has 0 bridgehead atoms. The predicted molar refractivity (Wildman–Crippen MR) is 72.6 cm³/mol. The van der Waals surface area contributed by atoms with Gasteiger partial charge in [-0.05, 0) is 18.9 Å². The summed E-state index contributed by atoms with van der Waals surface area (Å²) in [7, 11) is 0. The fraction of sp³-hybridized carbons (Fsp3) is 0.643. The Kier molecular flexibility index (Phi) is 92.5. The van der Waals surface area contributed by atoms with E-state index < -0.39 is 0 Å². The van der Waals surface area contributed by atoms with Crippen LogP contribution in [0.1, 0.15) is 60.8 Å². The van der Waals surface area contributed by atoms with E-state index in [2.05, 4.69) is 39.5 Å². The van der Waals surface area contributed by atoms with Crippen molar-refractivity contribution in [2.75, 3.05) is 0 Å². The first-order valence-electron chi connectivity index (χ1n) is 5.88. The summed E-state index contributed by atoms with van der Waals surface area (Å²) in [6, 6.07) is 0. The zero-order valence-electron chi connectivity index (χ0n) is 11.3. The second-order valence-electron chi connectivity index (χ2n) is 1.87. The van der Waals surface area contributed by atoms with E-state index in [9.17, 15) is 0 Å². The van der Waals surface area contributed by atoms with Crippen LogP contribution in [-0.4, -0.2) is 0 Å². The molecule has 0 saturated carbocycles. The van der Waals surface area contributed by atoms with Crippen LogP contribution < -0.4 is 0 Å². The topological polar surface area (TPSA) is 0 Å². The normalized spacial score (nSPS) is 7.00. The maximum Gasteiger partial charge on any atom is 0.103 e. The van der Waals surface area contributed by atoms with Gasteiger partial charge in [-0.3, -0.25) is 0 Å². The van der Waals surface area contributed by atoms with Gasteiger partial charge in [-0.2, -0.15) is 0 Å². The molecule has 0 nitrogen and oxygen atoms in total. The molecule has 0 aliphatic heterocycles. The Balaban J connectivity index is -0.0000000546. The van der Waals surface area contributed by atoms with Gasteiger partial charge in [0.15, 0.2) is 0 Å². The van der Waals surface area contributed by atoms with Crippen molar-refractivity contribution in [3.63, 3.8) is 0 Å². The van der Waals surface area contributed by atoms with Gasteiger partial charge in [-0.25, -0.2) is 0 Å². The largest absolute Gasteiger partial charge is 0.103 e. The molecule has 0 N–H and O–H groups in total. The lowest BCUT2D eigenvalue weighted by Crippen LogP contribution is -1.51. The first-order valence-corrected chi connectivity index (χ1v) is 5.88. The number of hydrogen-bond donors (Lipinski definition) is 0. The molecule has 0 heterocycles. The van der Waals surface area contributed by atoms with Crippen LogP contribution in [-0.2, 0) is 0 Å². The highest BCUT2D eigenvalue weighted by atomic mass is 13.7. The maximum atomic E-state index is 3.64. The number of rotatable bonds is 3. The SMILES string of the molecule is C=CCC.CC.CC.[CH2+]C/C=C/CC. The minimum atomic E-state index is 0.924. The third kappa shape index (κ3) is 108. The number of hydrogen-bond acceptors (Lipinski definition) is 0. The summed E-state index contributed by atoms with van der Waals surface area (Å²) in [5.74, 6) is 0. The van der Waals surface area contributed by atoms with Gasteiger partial charge >= 0.3 is 0 Å². The van der Waals surface area contributed by atoms with Crippen molar-refractivity contribution in [1.29, 1.82) is 0 Å². The molecule has 0 aromatic heterocycles. The van der Waals surface area contributed by atoms with Crippen molar-refractivity contribution in [2.45, 2.75) is 60.8 Å². The van der Waals surface area contributed by atoms with Crippen LogP contribution in [0.5, 0.6) is 0 Å². The van der Waals surface area contributed by atoms with E-state index in [0.29, 0.717) is 0 Å². The standard InChI is InChI=1S/C6H11.C4H8.2C2H6/c1-3-5-6-4-2;1-3-4-2;2*1-2/h5-6H,1,3-4H2,2H3;3H,1,4H2,2H3;2*1-2H3/q+1;;;/b6-5+;;;. The van der Waals surface area contributed by atoms with Crippen molar-refractivity contribution in [3.05, 3.63) is 31.7 Å². The highest BCUT2D eigenvalue weighted by Crippen LogP contribution is 1.80. The average Bonchev–Trinajstić information content (AvgIpc) is 2.32. The summed E-state index contributed by atoms with van der Waals surface area (Å²) in [6.45, 7) is 19.3. The molecular weight excluding hydrogens is 168 g/mol.